The van der Waals surface area contributed by atoms with Crippen molar-refractivity contribution in [2.45, 2.75) is 75.5 Å². The number of carboxylic acid groups (broad SMARTS) is 1. The van der Waals surface area contributed by atoms with Crippen LogP contribution in [0.15, 0.2) is 30.3 Å². The molecule has 1 aromatic carbocycles. The number of pyridine rings is 1. The first-order valence-electron chi connectivity index (χ1n) is 13.9. The van der Waals surface area contributed by atoms with Gasteiger partial charge < -0.3 is 19.9 Å². The molecule has 212 valence electrons. The van der Waals surface area contributed by atoms with Crippen LogP contribution >= 0.6 is 0 Å². The number of carbonyl (C=O) groups is 1. The molecule has 0 aliphatic carbocycles. The zero-order valence-corrected chi connectivity index (χ0v) is 22.0. The first kappa shape index (κ1) is 27.9. The molecule has 0 spiro atoms. The smallest absolute Gasteiger partial charge is 0.325 e. The summed E-state index contributed by atoms with van der Waals surface area (Å²) < 4.78 is 53.0. The van der Waals surface area contributed by atoms with Crippen LogP contribution in [0.4, 0.5) is 19.0 Å². The number of aliphatic carboxylic acids is 1. The average Bonchev–Trinajstić information content (AvgIpc) is 3.37. The van der Waals surface area contributed by atoms with E-state index in [1.807, 2.05) is 0 Å². The van der Waals surface area contributed by atoms with Crippen LogP contribution in [0.2, 0.25) is 0 Å². The van der Waals surface area contributed by atoms with Gasteiger partial charge in [-0.25, -0.2) is 18.2 Å². The van der Waals surface area contributed by atoms with Gasteiger partial charge in [-0.1, -0.05) is 12.1 Å². The van der Waals surface area contributed by atoms with Gasteiger partial charge in [0.05, 0.1) is 12.2 Å². The molecule has 1 unspecified atom stereocenters. The Balaban J connectivity index is 1.14. The lowest BCUT2D eigenvalue weighted by molar-refractivity contribution is -0.147. The van der Waals surface area contributed by atoms with Crippen molar-refractivity contribution in [1.82, 2.24) is 9.88 Å². The maximum Gasteiger partial charge on any atom is 0.325 e. The van der Waals surface area contributed by atoms with Crippen LogP contribution in [-0.2, 0) is 27.1 Å². The molecule has 2 aromatic rings. The minimum absolute atomic E-state index is 0.0429. The number of hydrogen-bond donors (Lipinski definition) is 2. The number of ether oxygens (including phenoxy) is 2. The lowest BCUT2D eigenvalue weighted by Gasteiger charge is -2.32. The van der Waals surface area contributed by atoms with E-state index in [1.54, 1.807) is 4.90 Å². The Morgan fingerprint density at radius 2 is 2.13 bits per heavy atom. The van der Waals surface area contributed by atoms with Crippen molar-refractivity contribution in [2.75, 3.05) is 38.2 Å². The molecule has 2 N–H and O–H groups in total. The highest BCUT2D eigenvalue weighted by Gasteiger charge is 2.40. The van der Waals surface area contributed by atoms with E-state index in [2.05, 4.69) is 17.4 Å². The van der Waals surface area contributed by atoms with Gasteiger partial charge in [0, 0.05) is 38.4 Å². The quantitative estimate of drug-likeness (QED) is 0.391. The normalized spacial score (nSPS) is 23.7. The van der Waals surface area contributed by atoms with Crippen LogP contribution in [0, 0.1) is 5.82 Å². The van der Waals surface area contributed by atoms with Gasteiger partial charge in [-0.05, 0) is 79.8 Å². The Hall–Kier alpha value is -2.69. The van der Waals surface area contributed by atoms with E-state index in [4.69, 9.17) is 14.5 Å². The monoisotopic (exact) mass is 547 g/mol. The number of alkyl halides is 2. The van der Waals surface area contributed by atoms with Gasteiger partial charge in [0.15, 0.2) is 0 Å². The second kappa shape index (κ2) is 12.2. The molecule has 3 aliphatic heterocycles. The lowest BCUT2D eigenvalue weighted by atomic mass is 9.91. The van der Waals surface area contributed by atoms with Gasteiger partial charge >= 0.3 is 5.97 Å². The van der Waals surface area contributed by atoms with E-state index in [9.17, 15) is 23.1 Å². The first-order chi connectivity index (χ1) is 18.8. The SMILES string of the molecule is O=C(O)[C@@H](c1cc(F)ccc1C1CCC(F)(F)CO1)N1CC[C@@H](OCCCCc2ccc3c(n2)NCCC3)C1. The van der Waals surface area contributed by atoms with Crippen LogP contribution in [-0.4, -0.2) is 65.8 Å². The Morgan fingerprint density at radius 3 is 2.92 bits per heavy atom. The van der Waals surface area contributed by atoms with Gasteiger partial charge in [0.2, 0.25) is 0 Å². The third kappa shape index (κ3) is 6.91. The second-order valence-corrected chi connectivity index (χ2v) is 10.8. The number of likely N-dealkylation sites (tertiary alicyclic amines) is 1. The van der Waals surface area contributed by atoms with Crippen molar-refractivity contribution in [1.29, 1.82) is 0 Å². The van der Waals surface area contributed by atoms with E-state index in [-0.39, 0.29) is 24.5 Å². The highest BCUT2D eigenvalue weighted by molar-refractivity contribution is 5.76. The van der Waals surface area contributed by atoms with E-state index in [0.717, 1.165) is 50.2 Å². The minimum atomic E-state index is -2.91. The number of unbranched alkanes of at least 4 members (excludes halogenated alkanes) is 1. The third-order valence-corrected chi connectivity index (χ3v) is 7.87. The maximum absolute atomic E-state index is 14.3. The molecule has 3 aliphatic rings. The third-order valence-electron chi connectivity index (χ3n) is 7.87. The maximum atomic E-state index is 14.3. The molecule has 7 nitrogen and oxygen atoms in total. The topological polar surface area (TPSA) is 83.9 Å². The van der Waals surface area contributed by atoms with Crippen LogP contribution in [0.25, 0.3) is 0 Å². The first-order valence-corrected chi connectivity index (χ1v) is 13.9. The summed E-state index contributed by atoms with van der Waals surface area (Å²) in [5.41, 5.74) is 3.05. The average molecular weight is 548 g/mol. The highest BCUT2D eigenvalue weighted by atomic mass is 19.3. The lowest BCUT2D eigenvalue weighted by Crippen LogP contribution is -2.36. The van der Waals surface area contributed by atoms with Crippen molar-refractivity contribution in [3.63, 3.8) is 0 Å². The number of carboxylic acids is 1. The van der Waals surface area contributed by atoms with Gasteiger partial charge in [-0.2, -0.15) is 0 Å². The van der Waals surface area contributed by atoms with E-state index >= 15 is 0 Å². The van der Waals surface area contributed by atoms with Gasteiger partial charge in [0.25, 0.3) is 5.92 Å². The molecule has 0 saturated carbocycles. The number of aromatic nitrogens is 1. The predicted octanol–water partition coefficient (Wildman–Crippen LogP) is 5.31. The Bertz CT molecular complexity index is 1150. The number of rotatable bonds is 10. The second-order valence-electron chi connectivity index (χ2n) is 10.8. The molecular formula is C29H36F3N3O4. The number of hydrogen-bond acceptors (Lipinski definition) is 6. The van der Waals surface area contributed by atoms with Crippen LogP contribution in [0.3, 0.4) is 0 Å². The van der Waals surface area contributed by atoms with Crippen molar-refractivity contribution in [3.05, 3.63) is 58.5 Å². The minimum Gasteiger partial charge on any atom is -0.480 e. The van der Waals surface area contributed by atoms with Gasteiger partial charge in [-0.3, -0.25) is 9.69 Å². The number of aryl methyl sites for hydroxylation is 2. The van der Waals surface area contributed by atoms with Crippen LogP contribution < -0.4 is 5.32 Å². The number of benzene rings is 1. The van der Waals surface area contributed by atoms with Crippen molar-refractivity contribution in [2.24, 2.45) is 0 Å². The van der Waals surface area contributed by atoms with Crippen LogP contribution in [0.5, 0.6) is 0 Å². The molecule has 0 bridgehead atoms. The molecule has 2 fully saturated rings. The van der Waals surface area contributed by atoms with E-state index in [1.165, 1.54) is 23.8 Å². The fraction of sp³-hybridized carbons (Fsp3) is 0.586. The number of nitrogens with zero attached hydrogens (tertiary/aromatic N) is 2. The van der Waals surface area contributed by atoms with Gasteiger partial charge in [0.1, 0.15) is 24.3 Å². The molecule has 2 saturated heterocycles. The van der Waals surface area contributed by atoms with Crippen molar-refractivity contribution < 1.29 is 32.5 Å². The van der Waals surface area contributed by atoms with E-state index < -0.39 is 36.5 Å². The van der Waals surface area contributed by atoms with Crippen molar-refractivity contribution >= 4 is 11.8 Å². The number of fused-ring (bicyclic) bond motifs is 1. The zero-order chi connectivity index (χ0) is 27.4. The summed E-state index contributed by atoms with van der Waals surface area (Å²) >= 11 is 0. The summed E-state index contributed by atoms with van der Waals surface area (Å²) in [5.74, 6) is -3.59. The molecule has 0 radical (unpaired) electrons. The fourth-order valence-corrected chi connectivity index (χ4v) is 5.82. The Labute approximate surface area is 226 Å². The standard InChI is InChI=1S/C29H36F3N3O4/c30-20-7-9-23(25-10-12-29(31,32)18-39-25)24(16-20)26(28(36)37)35-14-11-22(17-35)38-15-2-1-5-21-8-6-19-4-3-13-33-27(19)34-21/h6-9,16,22,25-26H,1-5,10-15,17-18H2,(H,33,34)(H,36,37)/t22-,25?,26-/m1/s1. The summed E-state index contributed by atoms with van der Waals surface area (Å²) in [5, 5.41) is 13.5. The molecule has 4 heterocycles. The van der Waals surface area contributed by atoms with E-state index in [0.29, 0.717) is 31.7 Å². The predicted molar refractivity (Wildman–Crippen MR) is 140 cm³/mol. The van der Waals surface area contributed by atoms with Crippen molar-refractivity contribution in [3.8, 4) is 0 Å². The molecule has 10 heteroatoms. The summed E-state index contributed by atoms with van der Waals surface area (Å²) in [6.45, 7) is 1.67. The summed E-state index contributed by atoms with van der Waals surface area (Å²) in [7, 11) is 0. The molecule has 3 atom stereocenters. The molecule has 0 amide bonds. The molecular weight excluding hydrogens is 511 g/mol. The zero-order valence-electron chi connectivity index (χ0n) is 22.0. The fourth-order valence-electron chi connectivity index (χ4n) is 5.82. The summed E-state index contributed by atoms with van der Waals surface area (Å²) in [4.78, 5) is 18.9. The Kier molecular flexibility index (Phi) is 8.73. The summed E-state index contributed by atoms with van der Waals surface area (Å²) in [6.07, 6.45) is 4.40. The van der Waals surface area contributed by atoms with Gasteiger partial charge in [-0.15, -0.1) is 0 Å². The number of nitrogens with one attached hydrogen (secondary N) is 1. The summed E-state index contributed by atoms with van der Waals surface area (Å²) in [6, 6.07) is 7.03. The Morgan fingerprint density at radius 1 is 1.26 bits per heavy atom. The van der Waals surface area contributed by atoms with Crippen LogP contribution in [0.1, 0.15) is 73.1 Å². The number of anilines is 1. The molecule has 1 aromatic heterocycles. The largest absolute Gasteiger partial charge is 0.480 e. The highest BCUT2D eigenvalue weighted by Crippen LogP contribution is 2.40. The molecule has 39 heavy (non-hydrogen) atoms. The number of halogens is 3. The molecule has 5 rings (SSSR count).